The fourth-order valence-corrected chi connectivity index (χ4v) is 3.16. The van der Waals surface area contributed by atoms with Gasteiger partial charge in [0.25, 0.3) is 11.5 Å². The number of nitrogen functional groups attached to an aromatic ring is 1. The molecule has 1 heterocycles. The predicted molar refractivity (Wildman–Crippen MR) is 123 cm³/mol. The monoisotopic (exact) mass is 452 g/mol. The van der Waals surface area contributed by atoms with Gasteiger partial charge in [-0.05, 0) is 48.4 Å². The highest BCUT2D eigenvalue weighted by molar-refractivity contribution is 5.97. The Bertz CT molecular complexity index is 1240. The Balaban J connectivity index is 1.61. The summed E-state index contributed by atoms with van der Waals surface area (Å²) in [6.45, 7) is 0.423. The third-order valence-corrected chi connectivity index (χ3v) is 4.97. The summed E-state index contributed by atoms with van der Waals surface area (Å²) in [4.78, 5) is 53.7. The highest BCUT2D eigenvalue weighted by Crippen LogP contribution is 2.15. The van der Waals surface area contributed by atoms with Gasteiger partial charge in [-0.3, -0.25) is 19.4 Å². The van der Waals surface area contributed by atoms with Gasteiger partial charge < -0.3 is 26.8 Å². The number of aromatic amines is 1. The first-order valence-corrected chi connectivity index (χ1v) is 10.1. The van der Waals surface area contributed by atoms with Crippen LogP contribution in [-0.2, 0) is 16.1 Å². The number of carbonyl (C=O) groups excluding carboxylic acids is 2. The Kier molecular flexibility index (Phi) is 7.24. The minimum absolute atomic E-state index is 0.0132. The zero-order chi connectivity index (χ0) is 24.0. The minimum atomic E-state index is -1.21. The molecule has 11 heteroatoms. The molecule has 0 spiro atoms. The SMILES string of the molecule is CNC(=O)CC[C@H](NC(=O)c1ccc(NCc2ccc3nc(N)[nH]c(=O)c3c2)cc1)C(=O)O. The first kappa shape index (κ1) is 23.3. The van der Waals surface area contributed by atoms with Gasteiger partial charge in [-0.15, -0.1) is 0 Å². The van der Waals surface area contributed by atoms with Gasteiger partial charge >= 0.3 is 5.97 Å². The predicted octanol–water partition coefficient (Wildman–Crippen LogP) is 0.827. The molecule has 172 valence electrons. The average Bonchev–Trinajstić information content (AvgIpc) is 2.80. The number of H-pyrrole nitrogens is 1. The summed E-state index contributed by atoms with van der Waals surface area (Å²) in [7, 11) is 1.46. The number of nitrogens with one attached hydrogen (secondary N) is 4. The zero-order valence-electron chi connectivity index (χ0n) is 17.8. The van der Waals surface area contributed by atoms with Crippen molar-refractivity contribution in [1.29, 1.82) is 0 Å². The summed E-state index contributed by atoms with van der Waals surface area (Å²) in [5, 5.41) is 17.7. The van der Waals surface area contributed by atoms with Crippen LogP contribution in [0.25, 0.3) is 10.9 Å². The molecule has 0 aliphatic heterocycles. The van der Waals surface area contributed by atoms with Crippen LogP contribution in [0.1, 0.15) is 28.8 Å². The molecule has 0 saturated carbocycles. The largest absolute Gasteiger partial charge is 0.480 e. The maximum absolute atomic E-state index is 12.4. The molecule has 0 unspecified atom stereocenters. The third kappa shape index (κ3) is 6.06. The number of hydrogen-bond donors (Lipinski definition) is 6. The molecule has 3 aromatic rings. The first-order valence-electron chi connectivity index (χ1n) is 10.1. The van der Waals surface area contributed by atoms with Crippen molar-refractivity contribution in [2.24, 2.45) is 0 Å². The lowest BCUT2D eigenvalue weighted by molar-refractivity contribution is -0.139. The number of aliphatic carboxylic acids is 1. The van der Waals surface area contributed by atoms with Crippen molar-refractivity contribution in [3.05, 3.63) is 63.9 Å². The van der Waals surface area contributed by atoms with E-state index in [2.05, 4.69) is 25.9 Å². The standard InChI is InChI=1S/C22H24N6O5/c1-24-18(29)9-8-17(21(32)33)26-19(30)13-3-5-14(6-4-13)25-11-12-2-7-16-15(10-12)20(31)28-22(23)27-16/h2-7,10,17,25H,8-9,11H2,1H3,(H,24,29)(H,26,30)(H,32,33)(H3,23,27,28,31)/t17-/m0/s1. The van der Waals surface area contributed by atoms with E-state index >= 15 is 0 Å². The maximum atomic E-state index is 12.4. The van der Waals surface area contributed by atoms with E-state index in [1.807, 2.05) is 6.07 Å². The molecule has 3 rings (SSSR count). The molecular weight excluding hydrogens is 428 g/mol. The Hall–Kier alpha value is -4.41. The summed E-state index contributed by atoms with van der Waals surface area (Å²) >= 11 is 0. The van der Waals surface area contributed by atoms with E-state index in [1.54, 1.807) is 36.4 Å². The molecule has 0 aliphatic rings. The topological polar surface area (TPSA) is 179 Å². The van der Waals surface area contributed by atoms with Crippen LogP contribution in [0.4, 0.5) is 11.6 Å². The molecule has 0 bridgehead atoms. The summed E-state index contributed by atoms with van der Waals surface area (Å²) in [6.07, 6.45) is -0.0300. The number of carboxylic acids is 1. The number of rotatable bonds is 9. The Labute approximate surface area is 188 Å². The molecule has 7 N–H and O–H groups in total. The van der Waals surface area contributed by atoms with E-state index < -0.39 is 17.9 Å². The molecule has 33 heavy (non-hydrogen) atoms. The average molecular weight is 452 g/mol. The fourth-order valence-electron chi connectivity index (χ4n) is 3.16. The van der Waals surface area contributed by atoms with Crippen LogP contribution in [0, 0.1) is 0 Å². The van der Waals surface area contributed by atoms with Crippen LogP contribution in [0.2, 0.25) is 0 Å². The van der Waals surface area contributed by atoms with Gasteiger partial charge in [-0.2, -0.15) is 0 Å². The quantitative estimate of drug-likeness (QED) is 0.276. The van der Waals surface area contributed by atoms with Crippen LogP contribution < -0.4 is 27.2 Å². The lowest BCUT2D eigenvalue weighted by Gasteiger charge is -2.14. The van der Waals surface area contributed by atoms with Gasteiger partial charge in [-0.25, -0.2) is 9.78 Å². The second-order valence-corrected chi connectivity index (χ2v) is 7.31. The maximum Gasteiger partial charge on any atom is 0.326 e. The lowest BCUT2D eigenvalue weighted by Crippen LogP contribution is -2.41. The van der Waals surface area contributed by atoms with E-state index in [-0.39, 0.29) is 35.8 Å². The normalized spacial score (nSPS) is 11.5. The number of benzene rings is 2. The van der Waals surface area contributed by atoms with Crippen LogP contribution in [-0.4, -0.2) is 45.9 Å². The van der Waals surface area contributed by atoms with E-state index in [0.717, 1.165) is 11.3 Å². The summed E-state index contributed by atoms with van der Waals surface area (Å²) in [5.41, 5.74) is 7.60. The van der Waals surface area contributed by atoms with E-state index in [1.165, 1.54) is 7.05 Å². The number of nitrogens with two attached hydrogens (primary N) is 1. The number of carbonyl (C=O) groups is 3. The van der Waals surface area contributed by atoms with Crippen molar-refractivity contribution >= 4 is 40.3 Å². The van der Waals surface area contributed by atoms with Gasteiger partial charge in [0, 0.05) is 31.3 Å². The van der Waals surface area contributed by atoms with E-state index in [0.29, 0.717) is 17.4 Å². The number of nitrogens with zero attached hydrogens (tertiary/aromatic N) is 1. The molecule has 11 nitrogen and oxygen atoms in total. The highest BCUT2D eigenvalue weighted by Gasteiger charge is 2.21. The van der Waals surface area contributed by atoms with E-state index in [4.69, 9.17) is 5.73 Å². The number of hydrogen-bond acceptors (Lipinski definition) is 7. The first-order chi connectivity index (χ1) is 15.8. The molecule has 0 saturated heterocycles. The molecule has 1 aromatic heterocycles. The number of anilines is 2. The molecule has 0 aliphatic carbocycles. The molecule has 0 fully saturated rings. The molecule has 1 atom stereocenters. The van der Waals surface area contributed by atoms with Crippen molar-refractivity contribution in [2.75, 3.05) is 18.1 Å². The van der Waals surface area contributed by atoms with Gasteiger partial charge in [0.1, 0.15) is 6.04 Å². The van der Waals surface area contributed by atoms with Gasteiger partial charge in [-0.1, -0.05) is 6.07 Å². The second kappa shape index (κ2) is 10.3. The molecule has 2 aromatic carbocycles. The van der Waals surface area contributed by atoms with Gasteiger partial charge in [0.15, 0.2) is 0 Å². The van der Waals surface area contributed by atoms with Crippen LogP contribution in [0.15, 0.2) is 47.3 Å². The molecular formula is C22H24N6O5. The van der Waals surface area contributed by atoms with Crippen molar-refractivity contribution in [3.8, 4) is 0 Å². The number of amides is 2. The molecule has 0 radical (unpaired) electrons. The van der Waals surface area contributed by atoms with Crippen molar-refractivity contribution < 1.29 is 19.5 Å². The Morgan fingerprint density at radius 3 is 2.55 bits per heavy atom. The molecule has 2 amide bonds. The summed E-state index contributed by atoms with van der Waals surface area (Å²) in [5.74, 6) is -2.00. The van der Waals surface area contributed by atoms with E-state index in [9.17, 15) is 24.3 Å². The lowest BCUT2D eigenvalue weighted by atomic mass is 10.1. The van der Waals surface area contributed by atoms with Gasteiger partial charge in [0.2, 0.25) is 11.9 Å². The van der Waals surface area contributed by atoms with Crippen LogP contribution >= 0.6 is 0 Å². The highest BCUT2D eigenvalue weighted by atomic mass is 16.4. The minimum Gasteiger partial charge on any atom is -0.480 e. The fraction of sp³-hybridized carbons (Fsp3) is 0.227. The van der Waals surface area contributed by atoms with Crippen molar-refractivity contribution in [1.82, 2.24) is 20.6 Å². The van der Waals surface area contributed by atoms with Crippen molar-refractivity contribution in [2.45, 2.75) is 25.4 Å². The van der Waals surface area contributed by atoms with Crippen LogP contribution in [0.3, 0.4) is 0 Å². The Morgan fingerprint density at radius 1 is 1.15 bits per heavy atom. The van der Waals surface area contributed by atoms with Crippen molar-refractivity contribution in [3.63, 3.8) is 0 Å². The number of fused-ring (bicyclic) bond motifs is 1. The van der Waals surface area contributed by atoms with Crippen LogP contribution in [0.5, 0.6) is 0 Å². The second-order valence-electron chi connectivity index (χ2n) is 7.31. The van der Waals surface area contributed by atoms with Gasteiger partial charge in [0.05, 0.1) is 10.9 Å². The number of carboxylic acid groups (broad SMARTS) is 1. The summed E-state index contributed by atoms with van der Waals surface area (Å²) in [6, 6.07) is 10.6. The summed E-state index contributed by atoms with van der Waals surface area (Å²) < 4.78 is 0. The smallest absolute Gasteiger partial charge is 0.326 e. The number of aromatic nitrogens is 2. The zero-order valence-corrected chi connectivity index (χ0v) is 17.8. The third-order valence-electron chi connectivity index (χ3n) is 4.97. The Morgan fingerprint density at radius 2 is 1.88 bits per heavy atom.